The smallest absolute Gasteiger partial charge is 0.179 e. The van der Waals surface area contributed by atoms with Gasteiger partial charge in [-0.25, -0.2) is 0 Å². The second kappa shape index (κ2) is 8.96. The van der Waals surface area contributed by atoms with Crippen molar-refractivity contribution < 1.29 is 9.53 Å². The average molecular weight is 291 g/mol. The Kier molecular flexibility index (Phi) is 7.62. The summed E-state index contributed by atoms with van der Waals surface area (Å²) in [7, 11) is 1.71. The highest BCUT2D eigenvalue weighted by Gasteiger charge is 2.26. The van der Waals surface area contributed by atoms with Crippen LogP contribution in [0.2, 0.25) is 0 Å². The summed E-state index contributed by atoms with van der Waals surface area (Å²) in [5, 5.41) is 0. The van der Waals surface area contributed by atoms with E-state index in [1.165, 1.54) is 5.56 Å². The first-order valence-electron chi connectivity index (χ1n) is 7.90. The van der Waals surface area contributed by atoms with Crippen LogP contribution in [-0.4, -0.2) is 43.0 Å². The van der Waals surface area contributed by atoms with Crippen molar-refractivity contribution in [3.8, 4) is 0 Å². The van der Waals surface area contributed by atoms with Gasteiger partial charge >= 0.3 is 0 Å². The zero-order valence-corrected chi connectivity index (χ0v) is 14.1. The lowest BCUT2D eigenvalue weighted by Gasteiger charge is -2.34. The quantitative estimate of drug-likeness (QED) is 0.650. The van der Waals surface area contributed by atoms with Crippen LogP contribution in [0, 0.1) is 6.92 Å². The largest absolute Gasteiger partial charge is 0.383 e. The lowest BCUT2D eigenvalue weighted by molar-refractivity contribution is 0.0632. The third-order valence-corrected chi connectivity index (χ3v) is 4.18. The number of carbonyl (C=O) groups excluding carboxylic acids is 1. The van der Waals surface area contributed by atoms with Crippen molar-refractivity contribution in [2.24, 2.45) is 0 Å². The average Bonchev–Trinajstić information content (AvgIpc) is 2.51. The maximum absolute atomic E-state index is 12.7. The molecule has 3 heteroatoms. The molecule has 0 N–H and O–H groups in total. The monoisotopic (exact) mass is 291 g/mol. The van der Waals surface area contributed by atoms with Crippen molar-refractivity contribution >= 4 is 5.78 Å². The Balaban J connectivity index is 2.89. The Morgan fingerprint density at radius 1 is 1.19 bits per heavy atom. The summed E-state index contributed by atoms with van der Waals surface area (Å²) < 4.78 is 5.21. The van der Waals surface area contributed by atoms with Crippen molar-refractivity contribution in [3.05, 3.63) is 35.4 Å². The van der Waals surface area contributed by atoms with Crippen molar-refractivity contribution in [1.82, 2.24) is 4.90 Å². The standard InChI is InChI=1S/C18H29NO2/c1-6-17(7-2)19(12-13-21-5)15(4)18(20)16-10-8-14(3)9-11-16/h8-11,15,17H,6-7,12-13H2,1-5H3. The number of hydrogen-bond donors (Lipinski definition) is 0. The maximum Gasteiger partial charge on any atom is 0.179 e. The van der Waals surface area contributed by atoms with Gasteiger partial charge in [-0.2, -0.15) is 0 Å². The van der Waals surface area contributed by atoms with Crippen LogP contribution in [0.5, 0.6) is 0 Å². The van der Waals surface area contributed by atoms with Gasteiger partial charge in [0.25, 0.3) is 0 Å². The van der Waals surface area contributed by atoms with Gasteiger partial charge in [-0.1, -0.05) is 43.7 Å². The fraction of sp³-hybridized carbons (Fsp3) is 0.611. The number of aryl methyl sites for hydroxylation is 1. The topological polar surface area (TPSA) is 29.5 Å². The lowest BCUT2D eigenvalue weighted by Crippen LogP contribution is -2.47. The molecule has 0 aliphatic heterocycles. The SMILES string of the molecule is CCC(CC)N(CCOC)C(C)C(=O)c1ccc(C)cc1. The zero-order chi connectivity index (χ0) is 15.8. The molecule has 0 aliphatic rings. The molecule has 0 amide bonds. The van der Waals surface area contributed by atoms with Gasteiger partial charge in [0.15, 0.2) is 5.78 Å². The summed E-state index contributed by atoms with van der Waals surface area (Å²) in [6, 6.07) is 8.15. The molecule has 1 unspecified atom stereocenters. The highest BCUT2D eigenvalue weighted by molar-refractivity contribution is 5.99. The van der Waals surface area contributed by atoms with Crippen molar-refractivity contribution in [2.45, 2.75) is 52.6 Å². The summed E-state index contributed by atoms with van der Waals surface area (Å²) in [5.41, 5.74) is 1.97. The third kappa shape index (κ3) is 4.94. The van der Waals surface area contributed by atoms with Gasteiger partial charge in [-0.15, -0.1) is 0 Å². The molecular weight excluding hydrogens is 262 g/mol. The van der Waals surface area contributed by atoms with E-state index in [4.69, 9.17) is 4.74 Å². The number of rotatable bonds is 9. The predicted octanol–water partition coefficient (Wildman–Crippen LogP) is 3.70. The van der Waals surface area contributed by atoms with Crippen LogP contribution in [0.1, 0.15) is 49.5 Å². The molecule has 0 spiro atoms. The molecule has 0 radical (unpaired) electrons. The molecule has 3 nitrogen and oxygen atoms in total. The first-order chi connectivity index (χ1) is 10.0. The number of carbonyl (C=O) groups is 1. The molecule has 0 saturated heterocycles. The van der Waals surface area contributed by atoms with Gasteiger partial charge < -0.3 is 4.74 Å². The van der Waals surface area contributed by atoms with Crippen LogP contribution in [0.15, 0.2) is 24.3 Å². The first kappa shape index (κ1) is 17.9. The highest BCUT2D eigenvalue weighted by atomic mass is 16.5. The predicted molar refractivity (Wildman–Crippen MR) is 87.9 cm³/mol. The van der Waals surface area contributed by atoms with Gasteiger partial charge in [-0.05, 0) is 26.7 Å². The van der Waals surface area contributed by atoms with Crippen LogP contribution in [0.3, 0.4) is 0 Å². The summed E-state index contributed by atoms with van der Waals surface area (Å²) in [6.07, 6.45) is 2.09. The second-order valence-corrected chi connectivity index (χ2v) is 5.61. The molecule has 0 saturated carbocycles. The fourth-order valence-corrected chi connectivity index (χ4v) is 2.76. The van der Waals surface area contributed by atoms with Crippen LogP contribution in [-0.2, 0) is 4.74 Å². The molecule has 0 heterocycles. The van der Waals surface area contributed by atoms with Gasteiger partial charge in [0, 0.05) is 25.3 Å². The summed E-state index contributed by atoms with van der Waals surface area (Å²) >= 11 is 0. The summed E-state index contributed by atoms with van der Waals surface area (Å²) in [5.74, 6) is 0.193. The van der Waals surface area contributed by atoms with E-state index in [1.54, 1.807) is 7.11 Å². The molecule has 0 aliphatic carbocycles. The third-order valence-electron chi connectivity index (χ3n) is 4.18. The number of nitrogens with zero attached hydrogens (tertiary/aromatic N) is 1. The second-order valence-electron chi connectivity index (χ2n) is 5.61. The van der Waals surface area contributed by atoms with E-state index >= 15 is 0 Å². The summed E-state index contributed by atoms with van der Waals surface area (Å²) in [6.45, 7) is 9.85. The fourth-order valence-electron chi connectivity index (χ4n) is 2.76. The Hall–Kier alpha value is -1.19. The van der Waals surface area contributed by atoms with E-state index in [0.29, 0.717) is 12.6 Å². The number of hydrogen-bond acceptors (Lipinski definition) is 3. The Bertz CT molecular complexity index is 423. The molecule has 0 aromatic heterocycles. The number of methoxy groups -OCH3 is 1. The highest BCUT2D eigenvalue weighted by Crippen LogP contribution is 2.16. The molecule has 1 atom stereocenters. The van der Waals surface area contributed by atoms with Gasteiger partial charge in [0.1, 0.15) is 0 Å². The first-order valence-corrected chi connectivity index (χ1v) is 7.90. The number of Topliss-reactive ketones (excluding diaryl/α,β-unsaturated/α-hetero) is 1. The molecule has 1 aromatic carbocycles. The van der Waals surface area contributed by atoms with Crippen molar-refractivity contribution in [1.29, 1.82) is 0 Å². The Morgan fingerprint density at radius 3 is 2.24 bits per heavy atom. The van der Waals surface area contributed by atoms with Crippen LogP contribution < -0.4 is 0 Å². The van der Waals surface area contributed by atoms with Crippen LogP contribution >= 0.6 is 0 Å². The van der Waals surface area contributed by atoms with E-state index in [0.717, 1.165) is 24.9 Å². The van der Waals surface area contributed by atoms with E-state index in [2.05, 4.69) is 18.7 Å². The number of ketones is 1. The minimum Gasteiger partial charge on any atom is -0.383 e. The summed E-state index contributed by atoms with van der Waals surface area (Å²) in [4.78, 5) is 15.0. The number of ether oxygens (including phenoxy) is 1. The normalized spacial score (nSPS) is 12.9. The van der Waals surface area contributed by atoms with Crippen LogP contribution in [0.25, 0.3) is 0 Å². The van der Waals surface area contributed by atoms with Crippen molar-refractivity contribution in [3.63, 3.8) is 0 Å². The van der Waals surface area contributed by atoms with Gasteiger partial charge in [0.2, 0.25) is 0 Å². The Labute approximate surface area is 129 Å². The van der Waals surface area contributed by atoms with Crippen molar-refractivity contribution in [2.75, 3.05) is 20.3 Å². The molecule has 0 bridgehead atoms. The lowest BCUT2D eigenvalue weighted by atomic mass is 10.00. The van der Waals surface area contributed by atoms with E-state index in [1.807, 2.05) is 38.1 Å². The van der Waals surface area contributed by atoms with Gasteiger partial charge in [-0.3, -0.25) is 9.69 Å². The molecule has 21 heavy (non-hydrogen) atoms. The minimum atomic E-state index is -0.118. The zero-order valence-electron chi connectivity index (χ0n) is 14.1. The molecule has 118 valence electrons. The van der Waals surface area contributed by atoms with E-state index < -0.39 is 0 Å². The molecular formula is C18H29NO2. The van der Waals surface area contributed by atoms with Crippen LogP contribution in [0.4, 0.5) is 0 Å². The minimum absolute atomic E-state index is 0.118. The van der Waals surface area contributed by atoms with E-state index in [9.17, 15) is 4.79 Å². The van der Waals surface area contributed by atoms with Gasteiger partial charge in [0.05, 0.1) is 12.6 Å². The molecule has 1 rings (SSSR count). The molecule has 0 fully saturated rings. The number of benzene rings is 1. The molecule has 1 aromatic rings. The van der Waals surface area contributed by atoms with E-state index in [-0.39, 0.29) is 11.8 Å². The maximum atomic E-state index is 12.7. The Morgan fingerprint density at radius 2 is 1.76 bits per heavy atom.